The Balaban J connectivity index is 1.52. The molecule has 0 atom stereocenters. The predicted octanol–water partition coefficient (Wildman–Crippen LogP) is 4.01. The number of carbonyl (C=O) groups excluding carboxylic acids is 2. The minimum absolute atomic E-state index is 0.000926. The summed E-state index contributed by atoms with van der Waals surface area (Å²) in [6.07, 6.45) is -0.485. The van der Waals surface area contributed by atoms with Gasteiger partial charge < -0.3 is 30.3 Å². The van der Waals surface area contributed by atoms with Crippen LogP contribution in [0.15, 0.2) is 48.5 Å². The molecule has 0 spiro atoms. The Morgan fingerprint density at radius 3 is 2.44 bits per heavy atom. The van der Waals surface area contributed by atoms with E-state index < -0.39 is 13.0 Å². The molecule has 3 aliphatic heterocycles. The summed E-state index contributed by atoms with van der Waals surface area (Å²) < 4.78 is 36.3. The first-order chi connectivity index (χ1) is 19.9. The number of nitrogens with zero attached hydrogens (tertiary/aromatic N) is 4. The van der Waals surface area contributed by atoms with Crippen LogP contribution in [0, 0.1) is 0 Å². The van der Waals surface area contributed by atoms with Gasteiger partial charge in [0.15, 0.2) is 6.61 Å². The van der Waals surface area contributed by atoms with Gasteiger partial charge in [0.05, 0.1) is 6.61 Å². The first kappa shape index (κ1) is 29.4. The highest BCUT2D eigenvalue weighted by molar-refractivity contribution is 5.94. The molecule has 0 saturated heterocycles. The standard InChI is InChI=1S/C28H33F2N7O4/c1-19(38)37-14-2-3-16-40-23-11-5-20(6-12-23)17-32-26-34-27(36-28(35-26)41-18-24(29)30)33-22-9-7-21(8-10-22)25(39)31-13-4-15-37/h5-12,24H,2-4,13-18H2,1H3,(H,31,39)(H2,32,33,34,35,36). The van der Waals surface area contributed by atoms with Crippen LogP contribution in [-0.2, 0) is 11.3 Å². The lowest BCUT2D eigenvalue weighted by Crippen LogP contribution is -2.33. The third-order valence-corrected chi connectivity index (χ3v) is 6.16. The lowest BCUT2D eigenvalue weighted by atomic mass is 10.2. The van der Waals surface area contributed by atoms with Crippen molar-refractivity contribution in [3.05, 3.63) is 59.7 Å². The molecule has 0 aliphatic carbocycles. The van der Waals surface area contributed by atoms with Gasteiger partial charge in [0.25, 0.3) is 12.3 Å². The third kappa shape index (κ3) is 9.55. The number of hydrogen-bond donors (Lipinski definition) is 3. The topological polar surface area (TPSA) is 131 Å². The molecule has 3 aromatic rings. The van der Waals surface area contributed by atoms with Crippen molar-refractivity contribution in [1.29, 1.82) is 0 Å². The molecule has 13 heteroatoms. The molecule has 0 radical (unpaired) electrons. The van der Waals surface area contributed by atoms with Crippen LogP contribution in [0.4, 0.5) is 26.4 Å². The maximum atomic E-state index is 12.7. The number of rotatable bonds is 3. The van der Waals surface area contributed by atoms with Crippen LogP contribution in [0.5, 0.6) is 11.8 Å². The first-order valence-electron chi connectivity index (χ1n) is 13.4. The highest BCUT2D eigenvalue weighted by atomic mass is 19.3. The second-order valence-electron chi connectivity index (χ2n) is 9.34. The molecule has 41 heavy (non-hydrogen) atoms. The maximum Gasteiger partial charge on any atom is 0.323 e. The Hall–Kier alpha value is -4.55. The smallest absolute Gasteiger partial charge is 0.323 e. The van der Waals surface area contributed by atoms with Crippen molar-refractivity contribution in [2.24, 2.45) is 0 Å². The average Bonchev–Trinajstić information content (AvgIpc) is 2.96. The number of anilines is 3. The Labute approximate surface area is 236 Å². The Bertz CT molecular complexity index is 1290. The maximum absolute atomic E-state index is 12.7. The molecule has 2 aromatic carbocycles. The van der Waals surface area contributed by atoms with E-state index in [0.717, 1.165) is 24.2 Å². The van der Waals surface area contributed by atoms with Crippen molar-refractivity contribution in [3.63, 3.8) is 0 Å². The molecule has 0 saturated carbocycles. The summed E-state index contributed by atoms with van der Waals surface area (Å²) in [6, 6.07) is 13.9. The molecule has 3 aliphatic rings. The predicted molar refractivity (Wildman–Crippen MR) is 149 cm³/mol. The lowest BCUT2D eigenvalue weighted by molar-refractivity contribution is -0.129. The van der Waals surface area contributed by atoms with Crippen LogP contribution in [0.3, 0.4) is 0 Å². The molecule has 11 nitrogen and oxygen atoms in total. The molecule has 4 heterocycles. The van der Waals surface area contributed by atoms with Crippen molar-refractivity contribution < 1.29 is 27.8 Å². The van der Waals surface area contributed by atoms with E-state index in [4.69, 9.17) is 9.47 Å². The molecule has 6 bridgehead atoms. The SMILES string of the molecule is CC(=O)N1CCCCOc2ccc(cc2)CNc2nc(nc(OCC(F)F)n2)Nc2ccc(cc2)C(=O)NCCC1. The van der Waals surface area contributed by atoms with E-state index in [1.165, 1.54) is 0 Å². The van der Waals surface area contributed by atoms with Crippen molar-refractivity contribution >= 4 is 29.4 Å². The zero-order valence-electron chi connectivity index (χ0n) is 22.7. The van der Waals surface area contributed by atoms with Gasteiger partial charge in [-0.1, -0.05) is 12.1 Å². The summed E-state index contributed by atoms with van der Waals surface area (Å²) >= 11 is 0. The van der Waals surface area contributed by atoms with Crippen LogP contribution < -0.4 is 25.4 Å². The number of aromatic nitrogens is 3. The van der Waals surface area contributed by atoms with E-state index in [2.05, 4.69) is 30.9 Å². The van der Waals surface area contributed by atoms with Gasteiger partial charge in [0.1, 0.15) is 5.75 Å². The Kier molecular flexibility index (Phi) is 10.6. The summed E-state index contributed by atoms with van der Waals surface area (Å²) in [4.78, 5) is 38.9. The van der Waals surface area contributed by atoms with E-state index >= 15 is 0 Å². The number of amides is 2. The molecule has 6 rings (SSSR count). The summed E-state index contributed by atoms with van der Waals surface area (Å²) in [5.74, 6) is 0.689. The molecular weight excluding hydrogens is 536 g/mol. The van der Waals surface area contributed by atoms with E-state index in [1.54, 1.807) is 36.1 Å². The van der Waals surface area contributed by atoms with Crippen LogP contribution >= 0.6 is 0 Å². The number of alkyl halides is 2. The number of halogens is 2. The largest absolute Gasteiger partial charge is 0.494 e. The summed E-state index contributed by atoms with van der Waals surface area (Å²) in [5.41, 5.74) is 1.94. The molecule has 218 valence electrons. The second kappa shape index (κ2) is 14.7. The van der Waals surface area contributed by atoms with Crippen molar-refractivity contribution in [3.8, 4) is 11.8 Å². The van der Waals surface area contributed by atoms with E-state index in [1.807, 2.05) is 24.3 Å². The van der Waals surface area contributed by atoms with Gasteiger partial charge in [-0.2, -0.15) is 15.0 Å². The number of fused-ring (bicyclic) bond motifs is 2. The average molecular weight is 570 g/mol. The van der Waals surface area contributed by atoms with Crippen molar-refractivity contribution in [1.82, 2.24) is 25.2 Å². The highest BCUT2D eigenvalue weighted by Crippen LogP contribution is 2.19. The Morgan fingerprint density at radius 2 is 1.71 bits per heavy atom. The number of ether oxygens (including phenoxy) is 2. The van der Waals surface area contributed by atoms with Gasteiger partial charge >= 0.3 is 6.01 Å². The van der Waals surface area contributed by atoms with E-state index in [-0.39, 0.29) is 29.7 Å². The van der Waals surface area contributed by atoms with Gasteiger partial charge in [-0.3, -0.25) is 9.59 Å². The molecule has 2 amide bonds. The van der Waals surface area contributed by atoms with Crippen LogP contribution in [0.2, 0.25) is 0 Å². The Morgan fingerprint density at radius 1 is 0.976 bits per heavy atom. The van der Waals surface area contributed by atoms with Crippen LogP contribution in [0.1, 0.15) is 42.1 Å². The highest BCUT2D eigenvalue weighted by Gasteiger charge is 2.13. The fraction of sp³-hybridized carbons (Fsp3) is 0.393. The van der Waals surface area contributed by atoms with E-state index in [9.17, 15) is 18.4 Å². The first-order valence-corrected chi connectivity index (χ1v) is 13.4. The van der Waals surface area contributed by atoms with Crippen LogP contribution in [0.25, 0.3) is 0 Å². The number of carbonyl (C=O) groups is 2. The van der Waals surface area contributed by atoms with Crippen LogP contribution in [-0.4, -0.2) is 70.9 Å². The number of nitrogens with one attached hydrogen (secondary N) is 3. The monoisotopic (exact) mass is 569 g/mol. The third-order valence-electron chi connectivity index (χ3n) is 6.16. The molecular formula is C28H33F2N7O4. The minimum atomic E-state index is -2.69. The van der Waals surface area contributed by atoms with Gasteiger partial charge in [-0.15, -0.1) is 0 Å². The zero-order valence-corrected chi connectivity index (χ0v) is 22.7. The molecule has 0 fully saturated rings. The summed E-state index contributed by atoms with van der Waals surface area (Å²) in [6.45, 7) is 3.14. The number of hydrogen-bond acceptors (Lipinski definition) is 9. The van der Waals surface area contributed by atoms with Gasteiger partial charge in [-0.25, -0.2) is 8.78 Å². The molecule has 0 unspecified atom stereocenters. The van der Waals surface area contributed by atoms with Crippen molar-refractivity contribution in [2.75, 3.05) is 43.5 Å². The zero-order chi connectivity index (χ0) is 29.0. The molecule has 3 N–H and O–H groups in total. The number of benzene rings is 2. The quantitative estimate of drug-likeness (QED) is 0.428. The van der Waals surface area contributed by atoms with Gasteiger partial charge in [0, 0.05) is 44.4 Å². The molecule has 1 aromatic heterocycles. The fourth-order valence-corrected chi connectivity index (χ4v) is 4.01. The van der Waals surface area contributed by atoms with Gasteiger partial charge in [0.2, 0.25) is 17.8 Å². The van der Waals surface area contributed by atoms with Crippen molar-refractivity contribution in [2.45, 2.75) is 39.2 Å². The van der Waals surface area contributed by atoms with Gasteiger partial charge in [-0.05, 0) is 61.2 Å². The lowest BCUT2D eigenvalue weighted by Gasteiger charge is -2.21. The summed E-state index contributed by atoms with van der Waals surface area (Å²) in [5, 5.41) is 8.93. The normalized spacial score (nSPS) is 15.1. The van der Waals surface area contributed by atoms with E-state index in [0.29, 0.717) is 50.5 Å². The second-order valence-corrected chi connectivity index (χ2v) is 9.34. The fourth-order valence-electron chi connectivity index (χ4n) is 4.01. The summed E-state index contributed by atoms with van der Waals surface area (Å²) in [7, 11) is 0. The minimum Gasteiger partial charge on any atom is -0.494 e.